The van der Waals surface area contributed by atoms with Crippen molar-refractivity contribution in [2.45, 2.75) is 18.7 Å². The van der Waals surface area contributed by atoms with Crippen molar-refractivity contribution in [3.63, 3.8) is 0 Å². The molecule has 0 aliphatic heterocycles. The summed E-state index contributed by atoms with van der Waals surface area (Å²) in [7, 11) is 0. The number of hydrogen-bond acceptors (Lipinski definition) is 2. The summed E-state index contributed by atoms with van der Waals surface area (Å²) < 4.78 is 26.5. The van der Waals surface area contributed by atoms with Crippen LogP contribution in [0.15, 0.2) is 41.3 Å². The maximum absolute atomic E-state index is 13.5. The van der Waals surface area contributed by atoms with Crippen LogP contribution in [0.5, 0.6) is 0 Å². The van der Waals surface area contributed by atoms with Gasteiger partial charge in [-0.15, -0.1) is 11.8 Å². The zero-order valence-corrected chi connectivity index (χ0v) is 12.1. The van der Waals surface area contributed by atoms with Gasteiger partial charge >= 0.3 is 0 Å². The lowest BCUT2D eigenvalue weighted by Gasteiger charge is -2.07. The first-order valence-electron chi connectivity index (χ1n) is 6.15. The number of ketones is 1. The van der Waals surface area contributed by atoms with Crippen molar-refractivity contribution in [1.82, 2.24) is 0 Å². The summed E-state index contributed by atoms with van der Waals surface area (Å²) in [5.74, 6) is -1.01. The topological polar surface area (TPSA) is 17.1 Å². The van der Waals surface area contributed by atoms with Crippen molar-refractivity contribution in [3.8, 4) is 0 Å². The zero-order chi connectivity index (χ0) is 14.7. The Morgan fingerprint density at radius 3 is 2.60 bits per heavy atom. The van der Waals surface area contributed by atoms with Crippen molar-refractivity contribution in [3.05, 3.63) is 64.7 Å². The van der Waals surface area contributed by atoms with Crippen LogP contribution in [0.1, 0.15) is 21.5 Å². The summed E-state index contributed by atoms with van der Waals surface area (Å²) in [4.78, 5) is 12.3. The SMILES string of the molecule is Cc1ccc(C)c(C(=O)CSc2cc(F)ccc2F)c1. The number of hydrogen-bond donors (Lipinski definition) is 0. The molecule has 0 atom stereocenters. The van der Waals surface area contributed by atoms with E-state index in [1.165, 1.54) is 0 Å². The Hall–Kier alpha value is -1.68. The maximum Gasteiger partial charge on any atom is 0.173 e. The average molecular weight is 292 g/mol. The lowest BCUT2D eigenvalue weighted by atomic mass is 10.0. The van der Waals surface area contributed by atoms with Gasteiger partial charge in [0.2, 0.25) is 0 Å². The highest BCUT2D eigenvalue weighted by molar-refractivity contribution is 8.00. The third kappa shape index (κ3) is 3.45. The fourth-order valence-corrected chi connectivity index (χ4v) is 2.69. The van der Waals surface area contributed by atoms with Crippen LogP contribution < -0.4 is 0 Å². The van der Waals surface area contributed by atoms with Crippen LogP contribution in [-0.4, -0.2) is 11.5 Å². The van der Waals surface area contributed by atoms with Crippen molar-refractivity contribution in [2.75, 3.05) is 5.75 Å². The number of halogens is 2. The van der Waals surface area contributed by atoms with Gasteiger partial charge in [-0.3, -0.25) is 4.79 Å². The highest BCUT2D eigenvalue weighted by Crippen LogP contribution is 2.24. The highest BCUT2D eigenvalue weighted by Gasteiger charge is 2.12. The lowest BCUT2D eigenvalue weighted by Crippen LogP contribution is -2.05. The van der Waals surface area contributed by atoms with Gasteiger partial charge in [0.15, 0.2) is 5.78 Å². The first kappa shape index (κ1) is 14.7. The summed E-state index contributed by atoms with van der Waals surface area (Å²) in [5.41, 5.74) is 2.52. The number of benzene rings is 2. The molecule has 0 amide bonds. The molecule has 2 aromatic rings. The third-order valence-corrected chi connectivity index (χ3v) is 3.98. The molecule has 2 rings (SSSR count). The van der Waals surface area contributed by atoms with Crippen LogP contribution in [0.2, 0.25) is 0 Å². The van der Waals surface area contributed by atoms with E-state index >= 15 is 0 Å². The van der Waals surface area contributed by atoms with Crippen molar-refractivity contribution >= 4 is 17.5 Å². The van der Waals surface area contributed by atoms with Gasteiger partial charge in [-0.1, -0.05) is 17.7 Å². The molecule has 4 heteroatoms. The molecule has 0 aliphatic rings. The van der Waals surface area contributed by atoms with Gasteiger partial charge in [-0.2, -0.15) is 0 Å². The van der Waals surface area contributed by atoms with Gasteiger partial charge in [0.05, 0.1) is 5.75 Å². The molecule has 0 N–H and O–H groups in total. The number of carbonyl (C=O) groups is 1. The van der Waals surface area contributed by atoms with Crippen LogP contribution in [0.4, 0.5) is 8.78 Å². The molecule has 0 heterocycles. The molecule has 104 valence electrons. The van der Waals surface area contributed by atoms with E-state index in [0.717, 1.165) is 41.1 Å². The molecule has 0 fully saturated rings. The monoisotopic (exact) mass is 292 g/mol. The molecule has 0 saturated heterocycles. The Morgan fingerprint density at radius 1 is 1.10 bits per heavy atom. The fourth-order valence-electron chi connectivity index (χ4n) is 1.85. The molecule has 0 saturated carbocycles. The first-order chi connectivity index (χ1) is 9.47. The molecular formula is C16H14F2OS. The van der Waals surface area contributed by atoms with E-state index in [1.54, 1.807) is 0 Å². The summed E-state index contributed by atoms with van der Waals surface area (Å²) in [6.07, 6.45) is 0. The predicted molar refractivity (Wildman–Crippen MR) is 77.3 cm³/mol. The largest absolute Gasteiger partial charge is 0.293 e. The molecule has 0 spiro atoms. The second-order valence-corrected chi connectivity index (χ2v) is 5.62. The van der Waals surface area contributed by atoms with Crippen molar-refractivity contribution in [1.29, 1.82) is 0 Å². The Labute approximate surface area is 121 Å². The number of rotatable bonds is 4. The van der Waals surface area contributed by atoms with Crippen LogP contribution in [0.3, 0.4) is 0 Å². The van der Waals surface area contributed by atoms with Gasteiger partial charge in [-0.25, -0.2) is 8.78 Å². The molecule has 1 nitrogen and oxygen atoms in total. The van der Waals surface area contributed by atoms with E-state index in [0.29, 0.717) is 5.56 Å². The second kappa shape index (κ2) is 6.18. The summed E-state index contributed by atoms with van der Waals surface area (Å²) >= 11 is 1.01. The Balaban J connectivity index is 2.12. The molecule has 0 bridgehead atoms. The molecular weight excluding hydrogens is 278 g/mol. The van der Waals surface area contributed by atoms with Crippen LogP contribution in [0, 0.1) is 25.5 Å². The van der Waals surface area contributed by atoms with Gasteiger partial charge in [0, 0.05) is 10.5 Å². The number of Topliss-reactive ketones (excluding diaryl/α,β-unsaturated/α-hetero) is 1. The van der Waals surface area contributed by atoms with Gasteiger partial charge in [0.1, 0.15) is 11.6 Å². The van der Waals surface area contributed by atoms with E-state index in [4.69, 9.17) is 0 Å². The normalized spacial score (nSPS) is 10.6. The smallest absolute Gasteiger partial charge is 0.173 e. The minimum absolute atomic E-state index is 0.0835. The van der Waals surface area contributed by atoms with Crippen molar-refractivity contribution < 1.29 is 13.6 Å². The predicted octanol–water partition coefficient (Wildman–Crippen LogP) is 4.56. The maximum atomic E-state index is 13.5. The molecule has 0 unspecified atom stereocenters. The van der Waals surface area contributed by atoms with E-state index in [-0.39, 0.29) is 16.4 Å². The molecule has 0 aliphatic carbocycles. The van der Waals surface area contributed by atoms with Crippen LogP contribution in [-0.2, 0) is 0 Å². The van der Waals surface area contributed by atoms with Crippen LogP contribution in [0.25, 0.3) is 0 Å². The number of aryl methyl sites for hydroxylation is 2. The summed E-state index contributed by atoms with van der Waals surface area (Å²) in [6, 6.07) is 8.88. The molecule has 0 aromatic heterocycles. The van der Waals surface area contributed by atoms with Crippen LogP contribution >= 0.6 is 11.8 Å². The average Bonchev–Trinajstić information content (AvgIpc) is 2.42. The van der Waals surface area contributed by atoms with Crippen molar-refractivity contribution in [2.24, 2.45) is 0 Å². The zero-order valence-electron chi connectivity index (χ0n) is 11.2. The van der Waals surface area contributed by atoms with E-state index in [9.17, 15) is 13.6 Å². The van der Waals surface area contributed by atoms with Gasteiger partial charge in [0.25, 0.3) is 0 Å². The second-order valence-electron chi connectivity index (χ2n) is 4.60. The third-order valence-electron chi connectivity index (χ3n) is 2.95. The number of carbonyl (C=O) groups excluding carboxylic acids is 1. The summed E-state index contributed by atoms with van der Waals surface area (Å²) in [6.45, 7) is 3.77. The fraction of sp³-hybridized carbons (Fsp3) is 0.188. The molecule has 2 aromatic carbocycles. The van der Waals surface area contributed by atoms with Gasteiger partial charge < -0.3 is 0 Å². The standard InChI is InChI=1S/C16H14F2OS/c1-10-3-4-11(2)13(7-10)15(19)9-20-16-8-12(17)5-6-14(16)18/h3-8H,9H2,1-2H3. The van der Waals surface area contributed by atoms with E-state index in [2.05, 4.69) is 0 Å². The molecule has 0 radical (unpaired) electrons. The quantitative estimate of drug-likeness (QED) is 0.607. The Bertz CT molecular complexity index is 653. The Morgan fingerprint density at radius 2 is 1.85 bits per heavy atom. The van der Waals surface area contributed by atoms with Gasteiger partial charge in [-0.05, 0) is 43.7 Å². The molecule has 20 heavy (non-hydrogen) atoms. The Kier molecular flexibility index (Phi) is 4.55. The van der Waals surface area contributed by atoms with E-state index < -0.39 is 11.6 Å². The first-order valence-corrected chi connectivity index (χ1v) is 7.14. The highest BCUT2D eigenvalue weighted by atomic mass is 32.2. The number of thioether (sulfide) groups is 1. The van der Waals surface area contributed by atoms with E-state index in [1.807, 2.05) is 32.0 Å². The minimum Gasteiger partial charge on any atom is -0.293 e. The minimum atomic E-state index is -0.509. The lowest BCUT2D eigenvalue weighted by molar-refractivity contribution is 0.102. The summed E-state index contributed by atoms with van der Waals surface area (Å²) in [5, 5.41) is 0.